The zero-order valence-corrected chi connectivity index (χ0v) is 18.7. The van der Waals surface area contributed by atoms with Gasteiger partial charge in [0.25, 0.3) is 12.1 Å². The molecule has 3 aromatic rings. The van der Waals surface area contributed by atoms with Crippen LogP contribution >= 0.6 is 0 Å². The molecule has 172 valence electrons. The van der Waals surface area contributed by atoms with E-state index in [2.05, 4.69) is 34.9 Å². The van der Waals surface area contributed by atoms with Crippen molar-refractivity contribution in [2.45, 2.75) is 27.7 Å². The van der Waals surface area contributed by atoms with E-state index in [0.717, 1.165) is 11.1 Å². The summed E-state index contributed by atoms with van der Waals surface area (Å²) >= 11 is 0. The Kier molecular flexibility index (Phi) is 12.8. The Hall–Kier alpha value is -4.89. The molecule has 0 spiro atoms. The zero-order chi connectivity index (χ0) is 25.4. The van der Waals surface area contributed by atoms with Gasteiger partial charge in [-0.3, -0.25) is 14.4 Å². The van der Waals surface area contributed by atoms with Crippen LogP contribution in [0.5, 0.6) is 0 Å². The summed E-state index contributed by atoms with van der Waals surface area (Å²) in [7, 11) is 0. The molecule has 0 fully saturated rings. The largest absolute Gasteiger partial charge is 0.394 e. The second-order valence-corrected chi connectivity index (χ2v) is 6.36. The summed E-state index contributed by atoms with van der Waals surface area (Å²) < 4.78 is 0. The van der Waals surface area contributed by atoms with Crippen molar-refractivity contribution in [2.24, 2.45) is 0 Å². The van der Waals surface area contributed by atoms with E-state index in [-0.39, 0.29) is 30.3 Å². The molecule has 0 aliphatic carbocycles. The van der Waals surface area contributed by atoms with Crippen LogP contribution in [0.25, 0.3) is 20.7 Å². The lowest BCUT2D eigenvalue weighted by atomic mass is 10.3. The highest BCUT2D eigenvalue weighted by Crippen LogP contribution is 2.24. The average Bonchev–Trinajstić information content (AvgIpc) is 3.30. The maximum absolute atomic E-state index is 11.1. The second kappa shape index (κ2) is 15.0. The third kappa shape index (κ3) is 10.6. The molecule has 0 bridgehead atoms. The van der Waals surface area contributed by atoms with Crippen molar-refractivity contribution in [2.75, 3.05) is 18.8 Å². The van der Waals surface area contributed by atoms with Crippen molar-refractivity contribution in [3.05, 3.63) is 63.0 Å². The Bertz CT molecular complexity index is 1200. The van der Waals surface area contributed by atoms with Crippen LogP contribution in [0.2, 0.25) is 0 Å². The molecule has 0 aromatic carbocycles. The smallest absolute Gasteiger partial charge is 0.298 e. The molecule has 3 rings (SSSR count). The van der Waals surface area contributed by atoms with Gasteiger partial charge in [-0.15, -0.1) is 0 Å². The Morgan fingerprint density at radius 2 is 1.82 bits per heavy atom. The fourth-order valence-electron chi connectivity index (χ4n) is 2.09. The van der Waals surface area contributed by atoms with Crippen molar-refractivity contribution >= 4 is 34.2 Å². The lowest BCUT2D eigenvalue weighted by Crippen LogP contribution is -2.25. The van der Waals surface area contributed by atoms with Gasteiger partial charge in [-0.1, -0.05) is 0 Å². The molecule has 0 aliphatic heterocycles. The molecule has 6 N–H and O–H groups in total. The molecule has 0 atom stereocenters. The van der Waals surface area contributed by atoms with Crippen LogP contribution in [0.3, 0.4) is 0 Å². The number of ketones is 1. The molecule has 12 heteroatoms. The molecule has 3 heterocycles. The van der Waals surface area contributed by atoms with Crippen molar-refractivity contribution in [1.29, 1.82) is 5.26 Å². The van der Waals surface area contributed by atoms with Crippen LogP contribution in [0, 0.1) is 38.3 Å². The quantitative estimate of drug-likeness (QED) is 0.294. The minimum atomic E-state index is -0.166. The number of nitriles is 1. The fraction of sp³-hybridized carbons (Fsp3) is 0.286. The minimum Gasteiger partial charge on any atom is -0.394 e. The van der Waals surface area contributed by atoms with E-state index >= 15 is 0 Å². The number of nitrogens with two attached hydrogens (primary N) is 1. The fourth-order valence-corrected chi connectivity index (χ4v) is 2.09. The summed E-state index contributed by atoms with van der Waals surface area (Å²) in [4.78, 5) is 49.4. The highest BCUT2D eigenvalue weighted by Gasteiger charge is 2.03. The number of aryl methyl sites for hydroxylation is 2. The van der Waals surface area contributed by atoms with Gasteiger partial charge in [0.1, 0.15) is 23.3 Å². The molecule has 12 nitrogen and oxygen atoms in total. The van der Waals surface area contributed by atoms with Crippen LogP contribution in [0.4, 0.5) is 11.5 Å². The average molecular weight is 451 g/mol. The number of rotatable bonds is 2. The van der Waals surface area contributed by atoms with Gasteiger partial charge < -0.3 is 30.8 Å². The number of anilines is 1. The number of fused-ring (bicyclic) bond motifs is 1. The Morgan fingerprint density at radius 1 is 1.18 bits per heavy atom. The Labute approximate surface area is 190 Å². The van der Waals surface area contributed by atoms with E-state index in [4.69, 9.17) is 24.1 Å². The van der Waals surface area contributed by atoms with Gasteiger partial charge in [0.2, 0.25) is 11.6 Å². The van der Waals surface area contributed by atoms with E-state index in [1.54, 1.807) is 18.5 Å². The predicted molar refractivity (Wildman–Crippen MR) is 124 cm³/mol. The monoisotopic (exact) mass is 451 g/mol. The van der Waals surface area contributed by atoms with Gasteiger partial charge in [0.05, 0.1) is 24.8 Å². The zero-order valence-electron chi connectivity index (χ0n) is 18.7. The van der Waals surface area contributed by atoms with E-state index in [0.29, 0.717) is 22.5 Å². The van der Waals surface area contributed by atoms with E-state index < -0.39 is 0 Å². The molecule has 0 aliphatic rings. The highest BCUT2D eigenvalue weighted by molar-refractivity contribution is 5.83. The molecular weight excluding hydrogens is 426 g/mol. The number of hydrogen-bond acceptors (Lipinski definition) is 6. The van der Waals surface area contributed by atoms with Gasteiger partial charge in [0, 0.05) is 13.1 Å². The summed E-state index contributed by atoms with van der Waals surface area (Å²) in [6.45, 7) is 19.3. The minimum absolute atomic E-state index is 0.0139. The second-order valence-electron chi connectivity index (χ2n) is 6.36. The molecule has 0 unspecified atom stereocenters. The Balaban J connectivity index is 0.000000430. The first-order chi connectivity index (χ1) is 15.6. The van der Waals surface area contributed by atoms with Crippen LogP contribution < -0.4 is 16.6 Å². The number of H-pyrrole nitrogens is 3. The first-order valence-corrected chi connectivity index (χ1v) is 9.35. The topological polar surface area (TPSA) is 182 Å². The lowest BCUT2D eigenvalue weighted by Gasteiger charge is -1.93. The molecule has 3 aromatic heterocycles. The third-order valence-corrected chi connectivity index (χ3v) is 3.59. The molecule has 0 saturated carbocycles. The number of carbonyl (C=O) groups excluding carboxylic acids is 2. The Morgan fingerprint density at radius 3 is 2.15 bits per heavy atom. The number of hydrogen-bond donors (Lipinski definition) is 5. The summed E-state index contributed by atoms with van der Waals surface area (Å²) in [6.07, 6.45) is 4.89. The van der Waals surface area contributed by atoms with Gasteiger partial charge in [-0.05, 0) is 38.1 Å². The van der Waals surface area contributed by atoms with Crippen molar-refractivity contribution in [1.82, 2.24) is 25.3 Å². The van der Waals surface area contributed by atoms with Crippen LogP contribution in [-0.2, 0) is 9.59 Å². The first kappa shape index (κ1) is 28.1. The van der Waals surface area contributed by atoms with Crippen molar-refractivity contribution in [3.63, 3.8) is 0 Å². The van der Waals surface area contributed by atoms with E-state index in [1.165, 1.54) is 20.2 Å². The summed E-state index contributed by atoms with van der Waals surface area (Å²) in [6, 6.07) is 1.66. The van der Waals surface area contributed by atoms with Gasteiger partial charge in [-0.2, -0.15) is 5.26 Å². The normalized spacial score (nSPS) is 8.64. The summed E-state index contributed by atoms with van der Waals surface area (Å²) in [5.74, 6) is 0.267. The molecule has 33 heavy (non-hydrogen) atoms. The van der Waals surface area contributed by atoms with Gasteiger partial charge in [-0.25, -0.2) is 16.4 Å². The molecular formula is C21H25N9O3. The highest BCUT2D eigenvalue weighted by atomic mass is 16.2. The number of aromatic amines is 3. The number of nitrogens with one attached hydrogen (secondary N) is 4. The lowest BCUT2D eigenvalue weighted by molar-refractivity contribution is -0.123. The summed E-state index contributed by atoms with van der Waals surface area (Å²) in [5, 5.41) is 10.6. The van der Waals surface area contributed by atoms with Crippen molar-refractivity contribution in [3.8, 4) is 6.07 Å². The standard InChI is InChI=1S/C7H7N3O.C6H7N3.C5H9NO2.C3H2N2/c1-4-2-8-6-5(4)7(11)10-3-9-6;1-4-3-9-6(7)5(4)8-2;1-4(7)3-6-5(2)8;1-5-3-2-4/h2-3H,1H3,(H2,8,9,10,11);3,9H,7H2,1H3;3H2,1-2H3,(H,6,8);3H2. The van der Waals surface area contributed by atoms with Gasteiger partial charge in [0.15, 0.2) is 0 Å². The number of amides is 1. The van der Waals surface area contributed by atoms with Crippen molar-refractivity contribution < 1.29 is 9.59 Å². The van der Waals surface area contributed by atoms with E-state index in [1.807, 2.05) is 13.8 Å². The molecule has 1 amide bonds. The van der Waals surface area contributed by atoms with Gasteiger partial charge >= 0.3 is 0 Å². The number of aromatic nitrogens is 4. The SMILES string of the molecule is CC(=O)CNC(C)=O.Cc1c[nH]c2nc[nH]c(=O)c12.[C-]#[N+]CC#N.[C-]#[N+]c1c(C)c[nH]c1N. The number of nitrogens with zero attached hydrogens (tertiary/aromatic N) is 4. The number of nitrogen functional groups attached to an aromatic ring is 1. The van der Waals surface area contributed by atoms with Crippen LogP contribution in [-0.4, -0.2) is 44.7 Å². The number of Topliss-reactive ketones (excluding diaryl/α,β-unsaturated/α-hetero) is 1. The predicted octanol–water partition coefficient (Wildman–Crippen LogP) is 2.16. The van der Waals surface area contributed by atoms with Crippen LogP contribution in [0.15, 0.2) is 23.5 Å². The first-order valence-electron chi connectivity index (χ1n) is 9.35. The summed E-state index contributed by atoms with van der Waals surface area (Å²) in [5.41, 5.74) is 8.31. The maximum atomic E-state index is 11.1. The third-order valence-electron chi connectivity index (χ3n) is 3.59. The van der Waals surface area contributed by atoms with E-state index in [9.17, 15) is 14.4 Å². The van der Waals surface area contributed by atoms with Crippen LogP contribution in [0.1, 0.15) is 25.0 Å². The molecule has 0 saturated heterocycles. The molecule has 0 radical (unpaired) electrons. The maximum Gasteiger partial charge on any atom is 0.298 e. The number of carbonyl (C=O) groups is 2.